The summed E-state index contributed by atoms with van der Waals surface area (Å²) in [7, 11) is 0. The summed E-state index contributed by atoms with van der Waals surface area (Å²) in [6, 6.07) is 11.1. The maximum Gasteiger partial charge on any atom is 0.416 e. The van der Waals surface area contributed by atoms with Crippen molar-refractivity contribution in [3.05, 3.63) is 65.7 Å². The van der Waals surface area contributed by atoms with Crippen LogP contribution < -0.4 is 10.6 Å². The Balaban J connectivity index is 1.58. The average molecular weight is 447 g/mol. The van der Waals surface area contributed by atoms with Crippen molar-refractivity contribution in [2.24, 2.45) is 11.8 Å². The Kier molecular flexibility index (Phi) is 5.64. The fourth-order valence-corrected chi connectivity index (χ4v) is 4.40. The summed E-state index contributed by atoms with van der Waals surface area (Å²) in [4.78, 5) is 38.8. The fourth-order valence-electron chi connectivity index (χ4n) is 4.40. The Morgan fingerprint density at radius 3 is 2.38 bits per heavy atom. The number of anilines is 1. The number of benzene rings is 2. The van der Waals surface area contributed by atoms with Crippen LogP contribution in [0.5, 0.6) is 0 Å². The van der Waals surface area contributed by atoms with Crippen molar-refractivity contribution in [3.8, 4) is 0 Å². The van der Waals surface area contributed by atoms with Gasteiger partial charge in [0.25, 0.3) is 0 Å². The summed E-state index contributed by atoms with van der Waals surface area (Å²) >= 11 is 0. The third-order valence-electron chi connectivity index (χ3n) is 5.84. The topological polar surface area (TPSA) is 98.7 Å². The first-order valence-corrected chi connectivity index (χ1v) is 9.98. The van der Waals surface area contributed by atoms with Crippen LogP contribution in [0.3, 0.4) is 0 Å². The van der Waals surface area contributed by atoms with E-state index in [1.165, 1.54) is 12.1 Å². The zero-order chi connectivity index (χ0) is 23.0. The third-order valence-corrected chi connectivity index (χ3v) is 5.84. The molecule has 0 saturated carbocycles. The number of para-hydroxylation sites is 1. The molecule has 0 aromatic heterocycles. The van der Waals surface area contributed by atoms with E-state index in [9.17, 15) is 32.7 Å². The van der Waals surface area contributed by atoms with Gasteiger partial charge >= 0.3 is 12.1 Å². The molecule has 32 heavy (non-hydrogen) atoms. The number of carboxylic acid groups (broad SMARTS) is 1. The Labute approximate surface area is 181 Å². The molecule has 4 rings (SSSR count). The van der Waals surface area contributed by atoms with Crippen molar-refractivity contribution in [2.75, 3.05) is 18.4 Å². The number of amides is 2. The Bertz CT molecular complexity index is 1040. The minimum atomic E-state index is -4.59. The molecular formula is C22H20F3N3O4. The number of imide groups is 1. The highest BCUT2D eigenvalue weighted by atomic mass is 19.4. The maximum absolute atomic E-state index is 13.2. The molecule has 2 fully saturated rings. The summed E-state index contributed by atoms with van der Waals surface area (Å²) < 4.78 is 39.5. The van der Waals surface area contributed by atoms with E-state index in [0.717, 1.165) is 22.7 Å². The first-order valence-electron chi connectivity index (χ1n) is 9.98. The number of likely N-dealkylation sites (tertiary alicyclic amines) is 1. The van der Waals surface area contributed by atoms with E-state index in [1.54, 1.807) is 0 Å². The lowest BCUT2D eigenvalue weighted by Gasteiger charge is -2.22. The molecule has 10 heteroatoms. The second-order valence-electron chi connectivity index (χ2n) is 7.76. The smallest absolute Gasteiger partial charge is 0.416 e. The molecule has 0 bridgehead atoms. The molecule has 2 saturated heterocycles. The molecule has 4 unspecified atom stereocenters. The standard InChI is InChI=1S/C22H20F3N3O4/c23-22(24,25)13-6-4-5-12(11-13)17-15-16(18(27-17)21(31)32)20(30)28(19(15)29)10-9-26-14-7-2-1-3-8-14/h1-8,11,15-18,26-27H,9-10H2,(H,31,32). The average Bonchev–Trinajstić information content (AvgIpc) is 3.27. The van der Waals surface area contributed by atoms with E-state index in [2.05, 4.69) is 10.6 Å². The van der Waals surface area contributed by atoms with Crippen LogP contribution in [0.2, 0.25) is 0 Å². The number of carbonyl (C=O) groups excluding carboxylic acids is 2. The molecule has 2 heterocycles. The van der Waals surface area contributed by atoms with Gasteiger partial charge in [-0.05, 0) is 29.8 Å². The minimum Gasteiger partial charge on any atom is -0.480 e. The van der Waals surface area contributed by atoms with E-state index in [0.29, 0.717) is 0 Å². The normalized spacial score (nSPS) is 25.2. The minimum absolute atomic E-state index is 0.0151. The van der Waals surface area contributed by atoms with Crippen LogP contribution in [-0.4, -0.2) is 46.9 Å². The number of rotatable bonds is 6. The van der Waals surface area contributed by atoms with Gasteiger partial charge < -0.3 is 10.4 Å². The van der Waals surface area contributed by atoms with Gasteiger partial charge in [0, 0.05) is 24.8 Å². The number of aliphatic carboxylic acids is 1. The molecule has 3 N–H and O–H groups in total. The van der Waals surface area contributed by atoms with Gasteiger partial charge in [-0.3, -0.25) is 24.6 Å². The van der Waals surface area contributed by atoms with Crippen LogP contribution in [0.4, 0.5) is 18.9 Å². The Morgan fingerprint density at radius 2 is 1.72 bits per heavy atom. The quantitative estimate of drug-likeness (QED) is 0.589. The molecular weight excluding hydrogens is 427 g/mol. The van der Waals surface area contributed by atoms with Gasteiger partial charge in [-0.1, -0.05) is 30.3 Å². The predicted molar refractivity (Wildman–Crippen MR) is 107 cm³/mol. The van der Waals surface area contributed by atoms with Gasteiger partial charge in [-0.25, -0.2) is 0 Å². The van der Waals surface area contributed by atoms with Crippen LogP contribution in [0, 0.1) is 11.8 Å². The molecule has 2 amide bonds. The molecule has 0 spiro atoms. The second-order valence-corrected chi connectivity index (χ2v) is 7.76. The highest BCUT2D eigenvalue weighted by Gasteiger charge is 2.60. The van der Waals surface area contributed by atoms with Crippen molar-refractivity contribution >= 4 is 23.5 Å². The largest absolute Gasteiger partial charge is 0.480 e. The highest BCUT2D eigenvalue weighted by Crippen LogP contribution is 2.44. The molecule has 2 aliphatic heterocycles. The molecule has 2 aromatic carbocycles. The van der Waals surface area contributed by atoms with Crippen molar-refractivity contribution in [2.45, 2.75) is 18.3 Å². The number of hydrogen-bond acceptors (Lipinski definition) is 5. The monoisotopic (exact) mass is 447 g/mol. The van der Waals surface area contributed by atoms with Gasteiger partial charge in [-0.15, -0.1) is 0 Å². The van der Waals surface area contributed by atoms with Crippen LogP contribution in [0.25, 0.3) is 0 Å². The highest BCUT2D eigenvalue weighted by molar-refractivity contribution is 6.08. The number of nitrogens with one attached hydrogen (secondary N) is 2. The van der Waals surface area contributed by atoms with Crippen LogP contribution in [-0.2, 0) is 20.6 Å². The summed E-state index contributed by atoms with van der Waals surface area (Å²) in [6.45, 7) is 0.265. The van der Waals surface area contributed by atoms with E-state index in [1.807, 2.05) is 30.3 Å². The molecule has 2 aromatic rings. The molecule has 2 aliphatic rings. The molecule has 0 radical (unpaired) electrons. The number of nitrogens with zero attached hydrogens (tertiary/aromatic N) is 1. The first kappa shape index (κ1) is 21.8. The number of carboxylic acids is 1. The van der Waals surface area contributed by atoms with Crippen LogP contribution in [0.15, 0.2) is 54.6 Å². The van der Waals surface area contributed by atoms with E-state index in [-0.39, 0.29) is 18.7 Å². The van der Waals surface area contributed by atoms with E-state index in [4.69, 9.17) is 0 Å². The summed E-state index contributed by atoms with van der Waals surface area (Å²) in [5.74, 6) is -4.84. The number of carbonyl (C=O) groups is 3. The third kappa shape index (κ3) is 3.93. The summed E-state index contributed by atoms with van der Waals surface area (Å²) in [5, 5.41) is 15.4. The zero-order valence-corrected chi connectivity index (χ0v) is 16.7. The number of fused-ring (bicyclic) bond motifs is 1. The number of alkyl halides is 3. The molecule has 4 atom stereocenters. The SMILES string of the molecule is O=C(O)C1NC(c2cccc(C(F)(F)F)c2)C2C(=O)N(CCNc3ccccc3)C(=O)C12. The summed E-state index contributed by atoms with van der Waals surface area (Å²) in [5.41, 5.74) is -0.00416. The van der Waals surface area contributed by atoms with E-state index >= 15 is 0 Å². The van der Waals surface area contributed by atoms with Gasteiger partial charge in [0.15, 0.2) is 0 Å². The lowest BCUT2D eigenvalue weighted by molar-refractivity contribution is -0.146. The number of halogens is 3. The fraction of sp³-hybridized carbons (Fsp3) is 0.318. The molecule has 0 aliphatic carbocycles. The lowest BCUT2D eigenvalue weighted by Crippen LogP contribution is -2.44. The molecule has 168 valence electrons. The van der Waals surface area contributed by atoms with Crippen LogP contribution >= 0.6 is 0 Å². The van der Waals surface area contributed by atoms with Gasteiger partial charge in [0.2, 0.25) is 11.8 Å². The van der Waals surface area contributed by atoms with E-state index < -0.39 is 53.4 Å². The van der Waals surface area contributed by atoms with Crippen molar-refractivity contribution in [3.63, 3.8) is 0 Å². The Morgan fingerprint density at radius 1 is 1.03 bits per heavy atom. The van der Waals surface area contributed by atoms with Crippen LogP contribution in [0.1, 0.15) is 17.2 Å². The molecule has 7 nitrogen and oxygen atoms in total. The van der Waals surface area contributed by atoms with Crippen molar-refractivity contribution < 1.29 is 32.7 Å². The predicted octanol–water partition coefficient (Wildman–Crippen LogP) is 2.52. The Hall–Kier alpha value is -3.40. The van der Waals surface area contributed by atoms with Crippen molar-refractivity contribution in [1.29, 1.82) is 0 Å². The number of hydrogen-bond donors (Lipinski definition) is 3. The summed E-state index contributed by atoms with van der Waals surface area (Å²) in [6.07, 6.45) is -4.59. The van der Waals surface area contributed by atoms with Gasteiger partial charge in [0.1, 0.15) is 6.04 Å². The lowest BCUT2D eigenvalue weighted by atomic mass is 9.86. The zero-order valence-electron chi connectivity index (χ0n) is 16.7. The van der Waals surface area contributed by atoms with Gasteiger partial charge in [-0.2, -0.15) is 13.2 Å². The van der Waals surface area contributed by atoms with Gasteiger partial charge in [0.05, 0.1) is 17.4 Å². The van der Waals surface area contributed by atoms with Crippen molar-refractivity contribution in [1.82, 2.24) is 10.2 Å². The maximum atomic E-state index is 13.2. The second kappa shape index (κ2) is 8.27. The first-order chi connectivity index (χ1) is 15.2.